The highest BCUT2D eigenvalue weighted by Crippen LogP contribution is 2.28. The van der Waals surface area contributed by atoms with E-state index in [0.717, 1.165) is 21.4 Å². The maximum absolute atomic E-state index is 12.7. The van der Waals surface area contributed by atoms with Crippen molar-refractivity contribution in [3.63, 3.8) is 0 Å². The van der Waals surface area contributed by atoms with Gasteiger partial charge >= 0.3 is 0 Å². The normalized spacial score (nSPS) is 11.5. The van der Waals surface area contributed by atoms with E-state index in [1.165, 1.54) is 5.56 Å². The van der Waals surface area contributed by atoms with E-state index in [9.17, 15) is 4.79 Å². The average Bonchev–Trinajstić information content (AvgIpc) is 2.99. The number of amides is 1. The minimum atomic E-state index is -0.158. The summed E-state index contributed by atoms with van der Waals surface area (Å²) in [5, 5.41) is 7.82. The summed E-state index contributed by atoms with van der Waals surface area (Å²) in [5.74, 6) is 0.508. The van der Waals surface area contributed by atoms with Gasteiger partial charge in [-0.15, -0.1) is 0 Å². The molecule has 0 radical (unpaired) electrons. The number of aromatic nitrogens is 2. The Bertz CT molecular complexity index is 982. The van der Waals surface area contributed by atoms with Gasteiger partial charge in [-0.1, -0.05) is 54.4 Å². The summed E-state index contributed by atoms with van der Waals surface area (Å²) in [5.41, 5.74) is 4.67. The number of hydrogen-bond acceptors (Lipinski definition) is 2. The van der Waals surface area contributed by atoms with Crippen LogP contribution in [0.2, 0.25) is 0 Å². The van der Waals surface area contributed by atoms with Gasteiger partial charge in [-0.05, 0) is 49.7 Å². The summed E-state index contributed by atoms with van der Waals surface area (Å²) in [6.07, 6.45) is 0. The summed E-state index contributed by atoms with van der Waals surface area (Å²) in [7, 11) is 0. The van der Waals surface area contributed by atoms with Gasteiger partial charge in [0.2, 0.25) is 0 Å². The lowest BCUT2D eigenvalue weighted by Crippen LogP contribution is -2.15. The molecule has 5 heteroatoms. The van der Waals surface area contributed by atoms with Crippen LogP contribution in [0.4, 0.5) is 5.82 Å². The van der Waals surface area contributed by atoms with Gasteiger partial charge in [0.05, 0.1) is 11.4 Å². The fourth-order valence-electron chi connectivity index (χ4n) is 2.85. The molecule has 0 aliphatic rings. The first kappa shape index (κ1) is 19.4. The van der Waals surface area contributed by atoms with Crippen LogP contribution in [0.3, 0.4) is 0 Å². The molecule has 0 aliphatic heterocycles. The van der Waals surface area contributed by atoms with Crippen LogP contribution in [0.5, 0.6) is 0 Å². The quantitative estimate of drug-likeness (QED) is 0.575. The smallest absolute Gasteiger partial charge is 0.256 e. The van der Waals surface area contributed by atoms with Crippen molar-refractivity contribution in [1.29, 1.82) is 0 Å². The molecule has 0 aliphatic carbocycles. The molecule has 0 unspecified atom stereocenters. The molecule has 0 atom stereocenters. The lowest BCUT2D eigenvalue weighted by molar-refractivity contribution is 0.102. The van der Waals surface area contributed by atoms with E-state index < -0.39 is 0 Å². The SMILES string of the molecule is Cc1ccc(-n2nc(C(C)(C)C)cc2NC(=O)c2ccc(Br)cc2)c(C)c1. The van der Waals surface area contributed by atoms with Crippen molar-refractivity contribution in [2.24, 2.45) is 0 Å². The second-order valence-electron chi connectivity index (χ2n) is 7.83. The molecule has 1 aromatic heterocycles. The second-order valence-corrected chi connectivity index (χ2v) is 8.74. The number of carbonyl (C=O) groups is 1. The third-order valence-electron chi connectivity index (χ3n) is 4.41. The van der Waals surface area contributed by atoms with Gasteiger partial charge in [0.15, 0.2) is 0 Å². The molecule has 1 heterocycles. The van der Waals surface area contributed by atoms with Gasteiger partial charge in [0.25, 0.3) is 5.91 Å². The second kappa shape index (κ2) is 7.31. The van der Waals surface area contributed by atoms with E-state index in [0.29, 0.717) is 11.4 Å². The first-order valence-electron chi connectivity index (χ1n) is 8.90. The van der Waals surface area contributed by atoms with Crippen molar-refractivity contribution < 1.29 is 4.79 Å². The molecule has 0 fully saturated rings. The molecule has 0 spiro atoms. The van der Waals surface area contributed by atoms with E-state index in [1.54, 1.807) is 12.1 Å². The zero-order valence-electron chi connectivity index (χ0n) is 16.3. The fraction of sp³-hybridized carbons (Fsp3) is 0.273. The maximum Gasteiger partial charge on any atom is 0.256 e. The molecule has 1 N–H and O–H groups in total. The Morgan fingerprint density at radius 1 is 1.04 bits per heavy atom. The largest absolute Gasteiger partial charge is 0.306 e. The molecule has 2 aromatic carbocycles. The highest BCUT2D eigenvalue weighted by atomic mass is 79.9. The van der Waals surface area contributed by atoms with Gasteiger partial charge in [-0.2, -0.15) is 5.10 Å². The standard InChI is InChI=1S/C22H24BrN3O/c1-14-6-11-18(15(2)12-14)26-20(13-19(25-26)22(3,4)5)24-21(27)16-7-9-17(23)10-8-16/h6-13H,1-5H3,(H,24,27). The van der Waals surface area contributed by atoms with E-state index in [4.69, 9.17) is 5.10 Å². The number of nitrogens with one attached hydrogen (secondary N) is 1. The van der Waals surface area contributed by atoms with Gasteiger partial charge in [-0.3, -0.25) is 4.79 Å². The molecule has 1 amide bonds. The number of aryl methyl sites for hydroxylation is 2. The molecular weight excluding hydrogens is 402 g/mol. The monoisotopic (exact) mass is 425 g/mol. The number of carbonyl (C=O) groups excluding carboxylic acids is 1. The maximum atomic E-state index is 12.7. The molecule has 4 nitrogen and oxygen atoms in total. The first-order chi connectivity index (χ1) is 12.6. The number of nitrogens with zero attached hydrogens (tertiary/aromatic N) is 2. The molecule has 27 heavy (non-hydrogen) atoms. The highest BCUT2D eigenvalue weighted by Gasteiger charge is 2.22. The predicted octanol–water partition coefficient (Wildman–Crippen LogP) is 5.80. The van der Waals surface area contributed by atoms with Gasteiger partial charge in [-0.25, -0.2) is 4.68 Å². The first-order valence-corrected chi connectivity index (χ1v) is 9.69. The molecule has 0 saturated carbocycles. The van der Waals surface area contributed by atoms with Crippen molar-refractivity contribution >= 4 is 27.7 Å². The van der Waals surface area contributed by atoms with Crippen LogP contribution in [0.25, 0.3) is 5.69 Å². The van der Waals surface area contributed by atoms with E-state index in [-0.39, 0.29) is 11.3 Å². The Kier molecular flexibility index (Phi) is 5.24. The van der Waals surface area contributed by atoms with Crippen LogP contribution in [-0.2, 0) is 5.41 Å². The highest BCUT2D eigenvalue weighted by molar-refractivity contribution is 9.10. The number of benzene rings is 2. The molecule has 3 aromatic rings. The summed E-state index contributed by atoms with van der Waals surface area (Å²) in [6, 6.07) is 15.5. The van der Waals surface area contributed by atoms with Crippen LogP contribution in [0.15, 0.2) is 53.0 Å². The van der Waals surface area contributed by atoms with Crippen molar-refractivity contribution in [3.8, 4) is 5.69 Å². The number of halogens is 1. The Balaban J connectivity index is 2.04. The third-order valence-corrected chi connectivity index (χ3v) is 4.93. The number of rotatable bonds is 3. The van der Waals surface area contributed by atoms with E-state index in [2.05, 4.69) is 68.0 Å². The van der Waals surface area contributed by atoms with Gasteiger partial charge < -0.3 is 5.32 Å². The summed E-state index contributed by atoms with van der Waals surface area (Å²) >= 11 is 3.40. The van der Waals surface area contributed by atoms with E-state index in [1.807, 2.05) is 28.9 Å². The Morgan fingerprint density at radius 3 is 2.30 bits per heavy atom. The van der Waals surface area contributed by atoms with Crippen molar-refractivity contribution in [2.75, 3.05) is 5.32 Å². The average molecular weight is 426 g/mol. The predicted molar refractivity (Wildman–Crippen MR) is 114 cm³/mol. The molecule has 3 rings (SSSR count). The zero-order valence-corrected chi connectivity index (χ0v) is 17.9. The van der Waals surface area contributed by atoms with Crippen molar-refractivity contribution in [1.82, 2.24) is 9.78 Å². The minimum absolute atomic E-state index is 0.124. The zero-order chi connectivity index (χ0) is 19.8. The summed E-state index contributed by atoms with van der Waals surface area (Å²) < 4.78 is 2.76. The molecular formula is C22H24BrN3O. The fourth-order valence-corrected chi connectivity index (χ4v) is 3.12. The molecule has 0 bridgehead atoms. The topological polar surface area (TPSA) is 46.9 Å². The van der Waals surface area contributed by atoms with Crippen molar-refractivity contribution in [2.45, 2.75) is 40.0 Å². The molecule has 140 valence electrons. The van der Waals surface area contributed by atoms with Crippen LogP contribution < -0.4 is 5.32 Å². The number of anilines is 1. The summed E-state index contributed by atoms with van der Waals surface area (Å²) in [4.78, 5) is 12.7. The van der Waals surface area contributed by atoms with Gasteiger partial charge in [0, 0.05) is 21.5 Å². The Hall–Kier alpha value is -2.40. The van der Waals surface area contributed by atoms with Crippen LogP contribution >= 0.6 is 15.9 Å². The van der Waals surface area contributed by atoms with Crippen LogP contribution in [0, 0.1) is 13.8 Å². The lowest BCUT2D eigenvalue weighted by Gasteiger charge is -2.14. The van der Waals surface area contributed by atoms with Crippen molar-refractivity contribution in [3.05, 3.63) is 75.4 Å². The van der Waals surface area contributed by atoms with Crippen LogP contribution in [0.1, 0.15) is 48.0 Å². The number of hydrogen-bond donors (Lipinski definition) is 1. The Morgan fingerprint density at radius 2 is 1.70 bits per heavy atom. The molecule has 0 saturated heterocycles. The lowest BCUT2D eigenvalue weighted by atomic mass is 9.92. The summed E-state index contributed by atoms with van der Waals surface area (Å²) in [6.45, 7) is 10.5. The van der Waals surface area contributed by atoms with E-state index >= 15 is 0 Å². The van der Waals surface area contributed by atoms with Crippen LogP contribution in [-0.4, -0.2) is 15.7 Å². The Labute approximate surface area is 168 Å². The minimum Gasteiger partial charge on any atom is -0.306 e. The van der Waals surface area contributed by atoms with Gasteiger partial charge in [0.1, 0.15) is 5.82 Å². The third kappa shape index (κ3) is 4.30.